The molecule has 0 aliphatic carbocycles. The summed E-state index contributed by atoms with van der Waals surface area (Å²) in [5.74, 6) is 0.333. The van der Waals surface area contributed by atoms with E-state index in [0.29, 0.717) is 5.92 Å². The van der Waals surface area contributed by atoms with Crippen molar-refractivity contribution < 1.29 is 0 Å². The molecule has 0 fully saturated rings. The summed E-state index contributed by atoms with van der Waals surface area (Å²) in [6.07, 6.45) is 17.8. The van der Waals surface area contributed by atoms with Gasteiger partial charge in [0.05, 0.1) is 4.86 Å². The van der Waals surface area contributed by atoms with Gasteiger partial charge in [-0.2, -0.15) is 0 Å². The van der Waals surface area contributed by atoms with E-state index in [1.54, 1.807) is 0 Å². The lowest BCUT2D eigenvalue weighted by atomic mass is 9.86. The minimum absolute atomic E-state index is 0.333. The molecule has 0 amide bonds. The first kappa shape index (κ1) is 35.8. The molecular formula is C39H53NS. The number of allylic oxidation sites excluding steroid dienone is 9. The summed E-state index contributed by atoms with van der Waals surface area (Å²) in [7, 11) is 0. The van der Waals surface area contributed by atoms with E-state index in [1.807, 2.05) is 26.8 Å². The van der Waals surface area contributed by atoms with Crippen LogP contribution < -0.4 is 5.73 Å². The Bertz CT molecular complexity index is 1250. The molecule has 0 saturated carbocycles. The molecule has 0 spiro atoms. The summed E-state index contributed by atoms with van der Waals surface area (Å²) in [6, 6.07) is 15.0. The maximum atomic E-state index is 6.17. The van der Waals surface area contributed by atoms with E-state index in [-0.39, 0.29) is 0 Å². The van der Waals surface area contributed by atoms with Gasteiger partial charge in [0, 0.05) is 11.6 Å². The van der Waals surface area contributed by atoms with Crippen LogP contribution in [0.15, 0.2) is 109 Å². The first-order valence-corrected chi connectivity index (χ1v) is 15.6. The highest BCUT2D eigenvalue weighted by Crippen LogP contribution is 2.32. The van der Waals surface area contributed by atoms with Gasteiger partial charge in [-0.25, -0.2) is 0 Å². The lowest BCUT2D eigenvalue weighted by molar-refractivity contribution is 0.627. The monoisotopic (exact) mass is 567 g/mol. The van der Waals surface area contributed by atoms with Gasteiger partial charge < -0.3 is 5.73 Å². The highest BCUT2D eigenvalue weighted by atomic mass is 32.1. The van der Waals surface area contributed by atoms with Gasteiger partial charge in [0.1, 0.15) is 0 Å². The minimum Gasteiger partial charge on any atom is -0.403 e. The second kappa shape index (κ2) is 19.8. The predicted octanol–water partition coefficient (Wildman–Crippen LogP) is 11.7. The van der Waals surface area contributed by atoms with E-state index < -0.39 is 0 Å². The number of aryl methyl sites for hydroxylation is 2. The zero-order valence-corrected chi connectivity index (χ0v) is 27.4. The van der Waals surface area contributed by atoms with Gasteiger partial charge >= 0.3 is 0 Å². The van der Waals surface area contributed by atoms with Crippen LogP contribution in [-0.2, 0) is 0 Å². The van der Waals surface area contributed by atoms with Gasteiger partial charge in [-0.05, 0) is 91.5 Å². The Balaban J connectivity index is 0.00000411. The molecule has 0 aliphatic heterocycles. The highest BCUT2D eigenvalue weighted by molar-refractivity contribution is 7.81. The molecule has 0 aromatic heterocycles. The number of unbranched alkanes of at least 4 members (excludes halogenated alkanes) is 2. The third-order valence-electron chi connectivity index (χ3n) is 7.13. The van der Waals surface area contributed by atoms with E-state index in [1.165, 1.54) is 36.0 Å². The molecule has 1 unspecified atom stereocenters. The van der Waals surface area contributed by atoms with Crippen LogP contribution in [0.5, 0.6) is 0 Å². The summed E-state index contributed by atoms with van der Waals surface area (Å²) in [4.78, 5) is 0.839. The zero-order valence-electron chi connectivity index (χ0n) is 26.6. The Morgan fingerprint density at radius 2 is 1.71 bits per heavy atom. The van der Waals surface area contributed by atoms with E-state index in [4.69, 9.17) is 18.0 Å². The minimum atomic E-state index is 0.333. The quantitative estimate of drug-likeness (QED) is 0.0545. The van der Waals surface area contributed by atoms with Crippen LogP contribution in [0, 0.1) is 13.8 Å². The molecule has 2 aromatic carbocycles. The second-order valence-electron chi connectivity index (χ2n) is 10.4. The van der Waals surface area contributed by atoms with Crippen LogP contribution >= 0.6 is 12.2 Å². The fourth-order valence-electron chi connectivity index (χ4n) is 4.73. The van der Waals surface area contributed by atoms with Crippen LogP contribution in [0.4, 0.5) is 0 Å². The average Bonchev–Trinajstić information content (AvgIpc) is 2.97. The standard InChI is InChI=1S/C37H47NS.C2H6/c1-8-10-11-21-32(9-2)36-26-33(25-24-29(36)5)37(39)35(31(7)34-22-15-13-19-28(34)4)23-16-18-27(3)17-12-14-20-30(6)38;1-2/h9,12-13,15,17,19-20,22-26,32H,2-3,7-8,10-11,14,16,18,21,38H2,1,4-6H3;1-2H3/b17-12-,30-20+,35-23+;. The smallest absolute Gasteiger partial charge is 0.0524 e. The molecular weight excluding hydrogens is 515 g/mol. The lowest BCUT2D eigenvalue weighted by Crippen LogP contribution is -2.08. The van der Waals surface area contributed by atoms with Crippen molar-refractivity contribution in [3.63, 3.8) is 0 Å². The van der Waals surface area contributed by atoms with Crippen molar-refractivity contribution in [2.75, 3.05) is 0 Å². The van der Waals surface area contributed by atoms with Crippen molar-refractivity contribution >= 4 is 22.7 Å². The van der Waals surface area contributed by atoms with Crippen molar-refractivity contribution in [2.24, 2.45) is 5.73 Å². The molecule has 41 heavy (non-hydrogen) atoms. The molecule has 0 radical (unpaired) electrons. The van der Waals surface area contributed by atoms with Gasteiger partial charge in [-0.3, -0.25) is 0 Å². The Morgan fingerprint density at radius 1 is 1.00 bits per heavy atom. The molecule has 2 aromatic rings. The highest BCUT2D eigenvalue weighted by Gasteiger charge is 2.17. The molecule has 2 heteroatoms. The average molecular weight is 568 g/mol. The summed E-state index contributed by atoms with van der Waals surface area (Å²) in [5.41, 5.74) is 15.6. The van der Waals surface area contributed by atoms with Crippen molar-refractivity contribution in [1.29, 1.82) is 0 Å². The number of rotatable bonds is 16. The molecule has 2 N–H and O–H groups in total. The van der Waals surface area contributed by atoms with E-state index in [2.05, 4.69) is 107 Å². The lowest BCUT2D eigenvalue weighted by Gasteiger charge is -2.19. The third kappa shape index (κ3) is 12.0. The topological polar surface area (TPSA) is 26.0 Å². The first-order chi connectivity index (χ1) is 19.7. The number of hydrogen-bond acceptors (Lipinski definition) is 2. The molecule has 1 nitrogen and oxygen atoms in total. The van der Waals surface area contributed by atoms with Crippen LogP contribution in [0.2, 0.25) is 0 Å². The summed E-state index contributed by atoms with van der Waals surface area (Å²) >= 11 is 6.17. The number of benzene rings is 2. The molecule has 0 bridgehead atoms. The van der Waals surface area contributed by atoms with Crippen LogP contribution in [0.3, 0.4) is 0 Å². The summed E-state index contributed by atoms with van der Waals surface area (Å²) < 4.78 is 0. The third-order valence-corrected chi connectivity index (χ3v) is 7.58. The van der Waals surface area contributed by atoms with Gasteiger partial charge in [-0.15, -0.1) is 6.58 Å². The Hall–Kier alpha value is -3.23. The summed E-state index contributed by atoms with van der Waals surface area (Å²) in [6.45, 7) is 25.4. The Kier molecular flexibility index (Phi) is 17.3. The summed E-state index contributed by atoms with van der Waals surface area (Å²) in [5, 5.41) is 0. The van der Waals surface area contributed by atoms with Crippen molar-refractivity contribution in [3.05, 3.63) is 137 Å². The first-order valence-electron chi connectivity index (χ1n) is 15.2. The van der Waals surface area contributed by atoms with Crippen LogP contribution in [0.1, 0.15) is 106 Å². The Morgan fingerprint density at radius 3 is 2.34 bits per heavy atom. The van der Waals surface area contributed by atoms with Gasteiger partial charge in [0.15, 0.2) is 0 Å². The number of thiocarbonyl (C=S) groups is 1. The SMILES string of the molecule is C=CC(CCCCC)c1cc(C(=S)/C(=C/CCC(=C)/C=C\C/C=C(\C)N)C(=C)c2ccccc2C)ccc1C.CC. The number of hydrogen-bond donors (Lipinski definition) is 1. The fourth-order valence-corrected chi connectivity index (χ4v) is 5.07. The van der Waals surface area contributed by atoms with E-state index in [9.17, 15) is 0 Å². The molecule has 0 saturated heterocycles. The normalized spacial score (nSPS) is 12.4. The maximum absolute atomic E-state index is 6.17. The molecule has 2 rings (SSSR count). The van der Waals surface area contributed by atoms with Gasteiger partial charge in [0.2, 0.25) is 0 Å². The second-order valence-corrected chi connectivity index (χ2v) is 10.8. The van der Waals surface area contributed by atoms with Gasteiger partial charge in [-0.1, -0.05) is 138 Å². The van der Waals surface area contributed by atoms with Crippen LogP contribution in [-0.4, -0.2) is 4.86 Å². The van der Waals surface area contributed by atoms with Crippen LogP contribution in [0.25, 0.3) is 5.57 Å². The molecule has 0 aliphatic rings. The van der Waals surface area contributed by atoms with Crippen molar-refractivity contribution in [3.8, 4) is 0 Å². The largest absolute Gasteiger partial charge is 0.403 e. The zero-order chi connectivity index (χ0) is 30.8. The van der Waals surface area contributed by atoms with Crippen molar-refractivity contribution in [1.82, 2.24) is 0 Å². The fraction of sp³-hybridized carbons (Fsp3) is 0.359. The Labute approximate surface area is 257 Å². The molecule has 1 atom stereocenters. The number of nitrogens with two attached hydrogens (primary N) is 1. The van der Waals surface area contributed by atoms with E-state index in [0.717, 1.165) is 64.1 Å². The van der Waals surface area contributed by atoms with Gasteiger partial charge in [0.25, 0.3) is 0 Å². The predicted molar refractivity (Wildman–Crippen MR) is 190 cm³/mol. The molecule has 220 valence electrons. The van der Waals surface area contributed by atoms with Crippen molar-refractivity contribution in [2.45, 2.75) is 92.4 Å². The van der Waals surface area contributed by atoms with E-state index >= 15 is 0 Å². The molecule has 0 heterocycles. The maximum Gasteiger partial charge on any atom is 0.0524 e.